The van der Waals surface area contributed by atoms with Crippen molar-refractivity contribution in [2.75, 3.05) is 5.73 Å². The summed E-state index contributed by atoms with van der Waals surface area (Å²) in [5, 5.41) is 4.03. The van der Waals surface area contributed by atoms with Gasteiger partial charge in [-0.05, 0) is 12.3 Å². The monoisotopic (exact) mass is 196 g/mol. The molecule has 1 rings (SSSR count). The fraction of sp³-hybridized carbons (Fsp3) is 0.800. The zero-order valence-corrected chi connectivity index (χ0v) is 9.11. The molecule has 0 aliphatic carbocycles. The summed E-state index contributed by atoms with van der Waals surface area (Å²) in [6.45, 7) is 5.46. The van der Waals surface area contributed by atoms with Crippen LogP contribution in [0.5, 0.6) is 0 Å². The van der Waals surface area contributed by atoms with E-state index in [0.29, 0.717) is 5.95 Å². The van der Waals surface area contributed by atoms with Gasteiger partial charge in [-0.25, -0.2) is 4.98 Å². The number of hydrogen-bond donors (Lipinski definition) is 1. The van der Waals surface area contributed by atoms with E-state index in [-0.39, 0.29) is 0 Å². The van der Waals surface area contributed by atoms with Gasteiger partial charge in [0, 0.05) is 6.54 Å². The average molecular weight is 196 g/mol. The second-order valence-corrected chi connectivity index (χ2v) is 4.11. The predicted molar refractivity (Wildman–Crippen MR) is 57.7 cm³/mol. The Labute approximate surface area is 85.5 Å². The Morgan fingerprint density at radius 3 is 2.71 bits per heavy atom. The highest BCUT2D eigenvalue weighted by Gasteiger charge is 1.97. The van der Waals surface area contributed by atoms with Crippen LogP contribution in [-0.4, -0.2) is 14.8 Å². The molecule has 0 radical (unpaired) electrons. The van der Waals surface area contributed by atoms with Gasteiger partial charge in [-0.15, -0.1) is 5.10 Å². The number of nitrogens with zero attached hydrogens (tertiary/aromatic N) is 3. The first kappa shape index (κ1) is 11.0. The number of unbranched alkanes of at least 4 members (excludes halogenated alkanes) is 2. The molecule has 14 heavy (non-hydrogen) atoms. The van der Waals surface area contributed by atoms with Gasteiger partial charge in [0.15, 0.2) is 0 Å². The Kier molecular flexibility index (Phi) is 4.43. The van der Waals surface area contributed by atoms with Crippen LogP contribution in [0.25, 0.3) is 0 Å². The molecule has 0 unspecified atom stereocenters. The lowest BCUT2D eigenvalue weighted by Gasteiger charge is -2.03. The van der Waals surface area contributed by atoms with E-state index in [1.54, 1.807) is 6.33 Å². The molecule has 4 heteroatoms. The second kappa shape index (κ2) is 5.62. The van der Waals surface area contributed by atoms with E-state index in [1.165, 1.54) is 19.3 Å². The summed E-state index contributed by atoms with van der Waals surface area (Å²) in [5.74, 6) is 1.18. The summed E-state index contributed by atoms with van der Waals surface area (Å²) in [5.41, 5.74) is 5.41. The fourth-order valence-corrected chi connectivity index (χ4v) is 1.42. The number of aromatic nitrogens is 3. The minimum Gasteiger partial charge on any atom is -0.367 e. The lowest BCUT2D eigenvalue weighted by atomic mass is 10.1. The maximum Gasteiger partial charge on any atom is 0.239 e. The SMILES string of the molecule is CC(C)CCCCCn1cnc(N)n1. The molecule has 2 N–H and O–H groups in total. The molecule has 0 amide bonds. The smallest absolute Gasteiger partial charge is 0.239 e. The molecule has 80 valence electrons. The van der Waals surface area contributed by atoms with Crippen molar-refractivity contribution in [2.45, 2.75) is 46.1 Å². The molecule has 1 aromatic heterocycles. The van der Waals surface area contributed by atoms with Crippen LogP contribution in [0.3, 0.4) is 0 Å². The molecule has 0 atom stereocenters. The van der Waals surface area contributed by atoms with Crippen LogP contribution in [-0.2, 0) is 6.54 Å². The van der Waals surface area contributed by atoms with Gasteiger partial charge in [0.25, 0.3) is 0 Å². The molecular formula is C10H20N4. The summed E-state index contributed by atoms with van der Waals surface area (Å²) in [6.07, 6.45) is 6.74. The van der Waals surface area contributed by atoms with Crippen molar-refractivity contribution in [2.24, 2.45) is 5.92 Å². The first-order valence-corrected chi connectivity index (χ1v) is 5.33. The topological polar surface area (TPSA) is 56.7 Å². The normalized spacial score (nSPS) is 11.1. The van der Waals surface area contributed by atoms with Crippen molar-refractivity contribution < 1.29 is 0 Å². The minimum atomic E-state index is 0.368. The Bertz CT molecular complexity index is 254. The quantitative estimate of drug-likeness (QED) is 0.709. The number of anilines is 1. The van der Waals surface area contributed by atoms with Crippen molar-refractivity contribution >= 4 is 5.95 Å². The largest absolute Gasteiger partial charge is 0.367 e. The minimum absolute atomic E-state index is 0.368. The molecule has 1 heterocycles. The second-order valence-electron chi connectivity index (χ2n) is 4.11. The van der Waals surface area contributed by atoms with E-state index < -0.39 is 0 Å². The van der Waals surface area contributed by atoms with Crippen LogP contribution in [0.2, 0.25) is 0 Å². The summed E-state index contributed by atoms with van der Waals surface area (Å²) in [6, 6.07) is 0. The molecule has 0 fully saturated rings. The number of hydrogen-bond acceptors (Lipinski definition) is 3. The third-order valence-electron chi connectivity index (χ3n) is 2.22. The highest BCUT2D eigenvalue weighted by atomic mass is 15.3. The van der Waals surface area contributed by atoms with Crippen LogP contribution in [0.4, 0.5) is 5.95 Å². The van der Waals surface area contributed by atoms with Crippen molar-refractivity contribution in [1.29, 1.82) is 0 Å². The van der Waals surface area contributed by atoms with E-state index in [1.807, 2.05) is 4.68 Å². The maximum atomic E-state index is 5.41. The van der Waals surface area contributed by atoms with Crippen LogP contribution in [0.15, 0.2) is 6.33 Å². The summed E-state index contributed by atoms with van der Waals surface area (Å²) >= 11 is 0. The first-order valence-electron chi connectivity index (χ1n) is 5.33. The van der Waals surface area contributed by atoms with E-state index >= 15 is 0 Å². The molecule has 0 saturated carbocycles. The third-order valence-corrected chi connectivity index (χ3v) is 2.22. The van der Waals surface area contributed by atoms with Crippen molar-refractivity contribution in [3.63, 3.8) is 0 Å². The highest BCUT2D eigenvalue weighted by Crippen LogP contribution is 2.08. The van der Waals surface area contributed by atoms with Gasteiger partial charge in [-0.1, -0.05) is 33.1 Å². The lowest BCUT2D eigenvalue weighted by molar-refractivity contribution is 0.493. The van der Waals surface area contributed by atoms with E-state index in [4.69, 9.17) is 5.73 Å². The fourth-order valence-electron chi connectivity index (χ4n) is 1.42. The molecule has 0 spiro atoms. The molecule has 0 aliphatic heterocycles. The Hall–Kier alpha value is -1.06. The van der Waals surface area contributed by atoms with Crippen molar-refractivity contribution in [3.8, 4) is 0 Å². The predicted octanol–water partition coefficient (Wildman–Crippen LogP) is 2.08. The maximum absolute atomic E-state index is 5.41. The molecule has 0 aliphatic rings. The lowest BCUT2D eigenvalue weighted by Crippen LogP contribution is -1.99. The Morgan fingerprint density at radius 1 is 1.36 bits per heavy atom. The number of rotatable bonds is 6. The third kappa shape index (κ3) is 4.25. The summed E-state index contributed by atoms with van der Waals surface area (Å²) < 4.78 is 1.81. The van der Waals surface area contributed by atoms with Crippen molar-refractivity contribution in [3.05, 3.63) is 6.33 Å². The molecule has 0 bridgehead atoms. The molecular weight excluding hydrogens is 176 g/mol. The van der Waals surface area contributed by atoms with Gasteiger partial charge in [-0.3, -0.25) is 4.68 Å². The standard InChI is InChI=1S/C10H20N4/c1-9(2)6-4-3-5-7-14-8-12-10(11)13-14/h8-9H,3-7H2,1-2H3,(H2,11,13). The number of nitrogen functional groups attached to an aromatic ring is 1. The first-order chi connectivity index (χ1) is 6.68. The number of nitrogens with two attached hydrogens (primary N) is 1. The van der Waals surface area contributed by atoms with Gasteiger partial charge in [0.2, 0.25) is 5.95 Å². The average Bonchev–Trinajstić information content (AvgIpc) is 2.50. The van der Waals surface area contributed by atoms with E-state index in [0.717, 1.165) is 18.9 Å². The van der Waals surface area contributed by atoms with Gasteiger partial charge >= 0.3 is 0 Å². The van der Waals surface area contributed by atoms with E-state index in [9.17, 15) is 0 Å². The van der Waals surface area contributed by atoms with Crippen LogP contribution >= 0.6 is 0 Å². The molecule has 4 nitrogen and oxygen atoms in total. The van der Waals surface area contributed by atoms with Gasteiger partial charge in [-0.2, -0.15) is 0 Å². The zero-order chi connectivity index (χ0) is 10.4. The Morgan fingerprint density at radius 2 is 2.14 bits per heavy atom. The molecule has 1 aromatic rings. The summed E-state index contributed by atoms with van der Waals surface area (Å²) in [7, 11) is 0. The Balaban J connectivity index is 2.04. The summed E-state index contributed by atoms with van der Waals surface area (Å²) in [4.78, 5) is 3.87. The van der Waals surface area contributed by atoms with Crippen LogP contribution in [0.1, 0.15) is 39.5 Å². The molecule has 0 saturated heterocycles. The zero-order valence-electron chi connectivity index (χ0n) is 9.11. The van der Waals surface area contributed by atoms with Gasteiger partial charge in [0.05, 0.1) is 0 Å². The van der Waals surface area contributed by atoms with Gasteiger partial charge in [0.1, 0.15) is 6.33 Å². The number of aryl methyl sites for hydroxylation is 1. The highest BCUT2D eigenvalue weighted by molar-refractivity contribution is 5.08. The van der Waals surface area contributed by atoms with Crippen LogP contribution in [0, 0.1) is 5.92 Å². The van der Waals surface area contributed by atoms with Crippen molar-refractivity contribution in [1.82, 2.24) is 14.8 Å². The molecule has 0 aromatic carbocycles. The van der Waals surface area contributed by atoms with Crippen LogP contribution < -0.4 is 5.73 Å². The van der Waals surface area contributed by atoms with Gasteiger partial charge < -0.3 is 5.73 Å². The van der Waals surface area contributed by atoms with E-state index in [2.05, 4.69) is 23.9 Å².